The summed E-state index contributed by atoms with van der Waals surface area (Å²) in [5, 5.41) is 5.95. The highest BCUT2D eigenvalue weighted by molar-refractivity contribution is 7.09. The molecule has 1 N–H and O–H groups in total. The number of Topliss-reactive ketones (excluding diaryl/α,β-unsaturated/α-hetero) is 1. The molecule has 4 saturated carbocycles. The Kier molecular flexibility index (Phi) is 2.43. The van der Waals surface area contributed by atoms with Crippen molar-refractivity contribution < 1.29 is 4.79 Å². The SMILES string of the molecule is O=C1[C@@H]2CC3C[C@@H]1CC(NCc1cccs1)(C3)C2. The summed E-state index contributed by atoms with van der Waals surface area (Å²) < 4.78 is 0. The predicted molar refractivity (Wildman–Crippen MR) is 72.5 cm³/mol. The highest BCUT2D eigenvalue weighted by atomic mass is 32.1. The van der Waals surface area contributed by atoms with Crippen molar-refractivity contribution in [2.24, 2.45) is 17.8 Å². The molecule has 1 aromatic rings. The molecule has 4 aliphatic rings. The molecule has 96 valence electrons. The van der Waals surface area contributed by atoms with Gasteiger partial charge in [-0.1, -0.05) is 6.07 Å². The predicted octanol–water partition coefficient (Wildman–Crippen LogP) is 2.99. The van der Waals surface area contributed by atoms with E-state index in [1.54, 1.807) is 0 Å². The first kappa shape index (κ1) is 11.2. The molecule has 0 amide bonds. The molecule has 4 bridgehead atoms. The highest BCUT2D eigenvalue weighted by Gasteiger charge is 2.54. The normalized spacial score (nSPS) is 41.6. The minimum Gasteiger partial charge on any atom is -0.306 e. The van der Waals surface area contributed by atoms with Gasteiger partial charge in [0.25, 0.3) is 0 Å². The molecule has 18 heavy (non-hydrogen) atoms. The van der Waals surface area contributed by atoms with Gasteiger partial charge in [0.2, 0.25) is 0 Å². The second kappa shape index (κ2) is 3.91. The number of ketones is 1. The largest absolute Gasteiger partial charge is 0.306 e. The number of hydrogen-bond donors (Lipinski definition) is 1. The molecule has 0 spiro atoms. The molecule has 0 unspecified atom stereocenters. The summed E-state index contributed by atoms with van der Waals surface area (Å²) >= 11 is 1.82. The molecule has 1 aromatic heterocycles. The molecule has 0 radical (unpaired) electrons. The zero-order chi connectivity index (χ0) is 12.2. The van der Waals surface area contributed by atoms with Crippen LogP contribution in [0.4, 0.5) is 0 Å². The second-order valence-electron chi connectivity index (χ2n) is 6.46. The number of thiophene rings is 1. The first-order chi connectivity index (χ1) is 8.74. The fourth-order valence-corrected chi connectivity index (χ4v) is 5.30. The highest BCUT2D eigenvalue weighted by Crippen LogP contribution is 2.54. The molecular weight excluding hydrogens is 242 g/mol. The van der Waals surface area contributed by atoms with E-state index in [0.717, 1.165) is 25.3 Å². The molecule has 2 atom stereocenters. The van der Waals surface area contributed by atoms with Gasteiger partial charge < -0.3 is 5.32 Å². The van der Waals surface area contributed by atoms with E-state index < -0.39 is 0 Å². The maximum Gasteiger partial charge on any atom is 0.139 e. The van der Waals surface area contributed by atoms with Crippen molar-refractivity contribution in [2.45, 2.75) is 44.2 Å². The summed E-state index contributed by atoms with van der Waals surface area (Å²) in [7, 11) is 0. The van der Waals surface area contributed by atoms with Crippen LogP contribution in [0, 0.1) is 17.8 Å². The van der Waals surface area contributed by atoms with E-state index in [-0.39, 0.29) is 5.54 Å². The van der Waals surface area contributed by atoms with E-state index in [0.29, 0.717) is 17.6 Å². The Morgan fingerprint density at radius 2 is 2.06 bits per heavy atom. The van der Waals surface area contributed by atoms with Crippen molar-refractivity contribution in [3.05, 3.63) is 22.4 Å². The van der Waals surface area contributed by atoms with Gasteiger partial charge in [0.05, 0.1) is 0 Å². The van der Waals surface area contributed by atoms with Gasteiger partial charge in [-0.25, -0.2) is 0 Å². The molecule has 4 fully saturated rings. The van der Waals surface area contributed by atoms with Crippen LogP contribution in [-0.4, -0.2) is 11.3 Å². The summed E-state index contributed by atoms with van der Waals surface area (Å²) in [4.78, 5) is 13.5. The van der Waals surface area contributed by atoms with E-state index in [2.05, 4.69) is 22.8 Å². The van der Waals surface area contributed by atoms with E-state index in [4.69, 9.17) is 0 Å². The van der Waals surface area contributed by atoms with Crippen LogP contribution < -0.4 is 5.32 Å². The Labute approximate surface area is 112 Å². The van der Waals surface area contributed by atoms with E-state index >= 15 is 0 Å². The van der Waals surface area contributed by atoms with Crippen molar-refractivity contribution in [1.82, 2.24) is 5.32 Å². The summed E-state index contributed by atoms with van der Waals surface area (Å²) in [6.45, 7) is 0.984. The maximum absolute atomic E-state index is 12.1. The smallest absolute Gasteiger partial charge is 0.139 e. The number of carbonyl (C=O) groups is 1. The Morgan fingerprint density at radius 3 is 2.72 bits per heavy atom. The van der Waals surface area contributed by atoms with Gasteiger partial charge in [-0.2, -0.15) is 0 Å². The lowest BCUT2D eigenvalue weighted by Gasteiger charge is -2.56. The number of hydrogen-bond acceptors (Lipinski definition) is 3. The Balaban J connectivity index is 1.52. The van der Waals surface area contributed by atoms with Gasteiger partial charge >= 0.3 is 0 Å². The van der Waals surface area contributed by atoms with Crippen LogP contribution >= 0.6 is 11.3 Å². The van der Waals surface area contributed by atoms with Gasteiger partial charge in [-0.3, -0.25) is 4.79 Å². The third kappa shape index (κ3) is 1.68. The molecular formula is C15H19NOS. The third-order valence-electron chi connectivity index (χ3n) is 5.21. The van der Waals surface area contributed by atoms with Crippen molar-refractivity contribution in [1.29, 1.82) is 0 Å². The maximum atomic E-state index is 12.1. The van der Waals surface area contributed by atoms with Gasteiger partial charge in [0.1, 0.15) is 5.78 Å². The zero-order valence-electron chi connectivity index (χ0n) is 10.5. The monoisotopic (exact) mass is 261 g/mol. The summed E-state index contributed by atoms with van der Waals surface area (Å²) in [5.74, 6) is 2.16. The molecule has 0 aliphatic heterocycles. The average Bonchev–Trinajstić information content (AvgIpc) is 2.86. The van der Waals surface area contributed by atoms with Crippen molar-refractivity contribution in [3.63, 3.8) is 0 Å². The van der Waals surface area contributed by atoms with Crippen molar-refractivity contribution >= 4 is 17.1 Å². The van der Waals surface area contributed by atoms with E-state index in [1.165, 1.54) is 24.1 Å². The molecule has 4 aliphatic carbocycles. The Morgan fingerprint density at radius 1 is 1.28 bits per heavy atom. The van der Waals surface area contributed by atoms with Gasteiger partial charge in [0.15, 0.2) is 0 Å². The molecule has 0 aromatic carbocycles. The number of nitrogens with one attached hydrogen (secondary N) is 1. The number of carbonyl (C=O) groups excluding carboxylic acids is 1. The second-order valence-corrected chi connectivity index (χ2v) is 7.49. The summed E-state index contributed by atoms with van der Waals surface area (Å²) in [6.07, 6.45) is 5.86. The lowest BCUT2D eigenvalue weighted by atomic mass is 9.52. The average molecular weight is 261 g/mol. The molecule has 0 saturated heterocycles. The van der Waals surface area contributed by atoms with Crippen LogP contribution in [0.25, 0.3) is 0 Å². The summed E-state index contributed by atoms with van der Waals surface area (Å²) in [5.41, 5.74) is 0.286. The van der Waals surface area contributed by atoms with Gasteiger partial charge in [-0.15, -0.1) is 11.3 Å². The Bertz CT molecular complexity index is 449. The third-order valence-corrected chi connectivity index (χ3v) is 6.09. The first-order valence-electron chi connectivity index (χ1n) is 7.05. The standard InChI is InChI=1S/C15H19NOS/c17-14-11-4-10-5-12(14)8-15(6-10,7-11)16-9-13-2-1-3-18-13/h1-3,10-12,16H,4-9H2/t10?,11-,12-,15?/m1/s1. The molecule has 2 nitrogen and oxygen atoms in total. The topological polar surface area (TPSA) is 29.1 Å². The van der Waals surface area contributed by atoms with Crippen LogP contribution in [0.2, 0.25) is 0 Å². The van der Waals surface area contributed by atoms with Crippen LogP contribution in [-0.2, 0) is 11.3 Å². The lowest BCUT2D eigenvalue weighted by molar-refractivity contribution is -0.143. The quantitative estimate of drug-likeness (QED) is 0.906. The molecule has 3 heteroatoms. The lowest BCUT2D eigenvalue weighted by Crippen LogP contribution is -2.61. The van der Waals surface area contributed by atoms with Gasteiger partial charge in [-0.05, 0) is 49.5 Å². The van der Waals surface area contributed by atoms with Gasteiger partial charge in [0, 0.05) is 28.8 Å². The zero-order valence-corrected chi connectivity index (χ0v) is 11.3. The fourth-order valence-electron chi connectivity index (χ4n) is 4.65. The van der Waals surface area contributed by atoms with Crippen LogP contribution in [0.15, 0.2) is 17.5 Å². The minimum absolute atomic E-state index is 0.286. The van der Waals surface area contributed by atoms with Crippen molar-refractivity contribution in [3.8, 4) is 0 Å². The van der Waals surface area contributed by atoms with Crippen LogP contribution in [0.5, 0.6) is 0 Å². The fraction of sp³-hybridized carbons (Fsp3) is 0.667. The van der Waals surface area contributed by atoms with E-state index in [9.17, 15) is 4.79 Å². The van der Waals surface area contributed by atoms with Crippen LogP contribution in [0.1, 0.15) is 37.0 Å². The Hall–Kier alpha value is -0.670. The first-order valence-corrected chi connectivity index (χ1v) is 7.93. The van der Waals surface area contributed by atoms with E-state index in [1.807, 2.05) is 11.3 Å². The number of rotatable bonds is 3. The molecule has 5 rings (SSSR count). The summed E-state index contributed by atoms with van der Waals surface area (Å²) in [6, 6.07) is 4.31. The van der Waals surface area contributed by atoms with Crippen molar-refractivity contribution in [2.75, 3.05) is 0 Å². The van der Waals surface area contributed by atoms with Crippen LogP contribution in [0.3, 0.4) is 0 Å². The molecule has 1 heterocycles. The minimum atomic E-state index is 0.286.